The first kappa shape index (κ1) is 14.0. The SMILES string of the molecule is Cl.N[C@@H]1[C@@H](O)[C@H](O)[C@@H](CO)OC1(N)O. The summed E-state index contributed by atoms with van der Waals surface area (Å²) < 4.78 is 4.67. The van der Waals surface area contributed by atoms with Crippen molar-refractivity contribution in [2.75, 3.05) is 6.61 Å². The van der Waals surface area contributed by atoms with E-state index in [1.807, 2.05) is 0 Å². The van der Waals surface area contributed by atoms with Crippen molar-refractivity contribution in [3.05, 3.63) is 0 Å². The minimum atomic E-state index is -2.23. The molecule has 1 unspecified atom stereocenters. The molecule has 86 valence electrons. The van der Waals surface area contributed by atoms with Gasteiger partial charge in [-0.3, -0.25) is 5.73 Å². The van der Waals surface area contributed by atoms with Gasteiger partial charge < -0.3 is 30.9 Å². The van der Waals surface area contributed by atoms with Gasteiger partial charge in [-0.1, -0.05) is 0 Å². The minimum Gasteiger partial charge on any atom is -0.394 e. The summed E-state index contributed by atoms with van der Waals surface area (Å²) in [5.74, 6) is -2.23. The number of hydrogen-bond acceptors (Lipinski definition) is 7. The van der Waals surface area contributed by atoms with Crippen molar-refractivity contribution < 1.29 is 25.2 Å². The molecule has 1 saturated heterocycles. The quantitative estimate of drug-likeness (QED) is 0.256. The van der Waals surface area contributed by atoms with Crippen molar-refractivity contribution in [2.45, 2.75) is 30.3 Å². The summed E-state index contributed by atoms with van der Waals surface area (Å²) in [6, 6.07) is -1.31. The van der Waals surface area contributed by atoms with E-state index in [0.717, 1.165) is 0 Å². The maximum atomic E-state index is 9.28. The molecule has 0 radical (unpaired) electrons. The second-order valence-corrected chi connectivity index (χ2v) is 3.10. The van der Waals surface area contributed by atoms with Crippen molar-refractivity contribution in [2.24, 2.45) is 11.5 Å². The highest BCUT2D eigenvalue weighted by Gasteiger charge is 2.49. The van der Waals surface area contributed by atoms with Crippen LogP contribution in [0.1, 0.15) is 0 Å². The molecule has 0 aromatic carbocycles. The standard InChI is InChI=1S/C6H14N2O5.ClH/c7-5-4(11)3(10)2(1-9)13-6(5,8)12;/h2-5,9-12H,1,7-8H2;1H/t2-,3-,4+,5-,6?;/m1./s1. The zero-order chi connectivity index (χ0) is 10.2. The summed E-state index contributed by atoms with van der Waals surface area (Å²) >= 11 is 0. The summed E-state index contributed by atoms with van der Waals surface area (Å²) in [7, 11) is 0. The van der Waals surface area contributed by atoms with Crippen LogP contribution in [-0.4, -0.2) is 57.3 Å². The second kappa shape index (κ2) is 4.69. The van der Waals surface area contributed by atoms with Gasteiger partial charge in [-0.15, -0.1) is 12.4 Å². The van der Waals surface area contributed by atoms with Crippen LogP contribution in [0, 0.1) is 0 Å². The fourth-order valence-corrected chi connectivity index (χ4v) is 1.21. The molecule has 0 aliphatic carbocycles. The van der Waals surface area contributed by atoms with E-state index in [2.05, 4.69) is 4.74 Å². The van der Waals surface area contributed by atoms with Crippen LogP contribution >= 0.6 is 12.4 Å². The number of aliphatic hydroxyl groups excluding tert-OH is 3. The Balaban J connectivity index is 0.00000169. The van der Waals surface area contributed by atoms with Crippen molar-refractivity contribution in [1.29, 1.82) is 0 Å². The smallest absolute Gasteiger partial charge is 0.241 e. The van der Waals surface area contributed by atoms with Crippen LogP contribution in [0.2, 0.25) is 0 Å². The van der Waals surface area contributed by atoms with Crippen molar-refractivity contribution in [1.82, 2.24) is 0 Å². The number of ether oxygens (including phenoxy) is 1. The fourth-order valence-electron chi connectivity index (χ4n) is 1.21. The maximum Gasteiger partial charge on any atom is 0.241 e. The number of hydrogen-bond donors (Lipinski definition) is 6. The topological polar surface area (TPSA) is 142 Å². The van der Waals surface area contributed by atoms with Gasteiger partial charge in [-0.25, -0.2) is 0 Å². The van der Waals surface area contributed by atoms with Gasteiger partial charge in [0.1, 0.15) is 24.4 Å². The molecule has 0 aromatic heterocycles. The van der Waals surface area contributed by atoms with Crippen molar-refractivity contribution in [3.63, 3.8) is 0 Å². The predicted octanol–water partition coefficient (Wildman–Crippen LogP) is -3.55. The van der Waals surface area contributed by atoms with E-state index in [4.69, 9.17) is 16.6 Å². The van der Waals surface area contributed by atoms with Gasteiger partial charge in [-0.2, -0.15) is 0 Å². The second-order valence-electron chi connectivity index (χ2n) is 3.10. The molecule has 0 bridgehead atoms. The zero-order valence-electron chi connectivity index (χ0n) is 7.28. The molecule has 1 aliphatic heterocycles. The maximum absolute atomic E-state index is 9.28. The lowest BCUT2D eigenvalue weighted by atomic mass is 9.95. The van der Waals surface area contributed by atoms with E-state index in [1.54, 1.807) is 0 Å². The van der Waals surface area contributed by atoms with Gasteiger partial charge >= 0.3 is 0 Å². The molecule has 5 atom stereocenters. The first-order valence-corrected chi connectivity index (χ1v) is 3.81. The first-order chi connectivity index (χ1) is 5.90. The van der Waals surface area contributed by atoms with Crippen LogP contribution < -0.4 is 11.5 Å². The molecular formula is C6H15ClN2O5. The van der Waals surface area contributed by atoms with Gasteiger partial charge in [0.2, 0.25) is 5.91 Å². The molecule has 1 rings (SSSR count). The fraction of sp³-hybridized carbons (Fsp3) is 1.00. The lowest BCUT2D eigenvalue weighted by Gasteiger charge is -2.43. The monoisotopic (exact) mass is 230 g/mol. The van der Waals surface area contributed by atoms with E-state index in [9.17, 15) is 15.3 Å². The van der Waals surface area contributed by atoms with E-state index in [1.165, 1.54) is 0 Å². The van der Waals surface area contributed by atoms with E-state index in [-0.39, 0.29) is 12.4 Å². The largest absolute Gasteiger partial charge is 0.394 e. The highest BCUT2D eigenvalue weighted by Crippen LogP contribution is 2.22. The van der Waals surface area contributed by atoms with Crippen molar-refractivity contribution >= 4 is 12.4 Å². The predicted molar refractivity (Wildman–Crippen MR) is 48.3 cm³/mol. The summed E-state index contributed by atoms with van der Waals surface area (Å²) in [6.45, 7) is -0.565. The molecule has 0 spiro atoms. The molecule has 14 heavy (non-hydrogen) atoms. The molecule has 0 aromatic rings. The number of aliphatic hydroxyl groups is 4. The van der Waals surface area contributed by atoms with E-state index in [0.29, 0.717) is 0 Å². The van der Waals surface area contributed by atoms with Gasteiger partial charge in [0, 0.05) is 0 Å². The van der Waals surface area contributed by atoms with Gasteiger partial charge in [0.25, 0.3) is 0 Å². The Morgan fingerprint density at radius 3 is 2.21 bits per heavy atom. The summed E-state index contributed by atoms with van der Waals surface area (Å²) in [5, 5.41) is 36.5. The van der Waals surface area contributed by atoms with Crippen LogP contribution in [0.25, 0.3) is 0 Å². The van der Waals surface area contributed by atoms with E-state index < -0.39 is 36.9 Å². The molecule has 0 saturated carbocycles. The highest BCUT2D eigenvalue weighted by atomic mass is 35.5. The molecule has 1 heterocycles. The molecule has 0 amide bonds. The summed E-state index contributed by atoms with van der Waals surface area (Å²) in [5.41, 5.74) is 10.4. The molecule has 8 heteroatoms. The lowest BCUT2D eigenvalue weighted by molar-refractivity contribution is -0.311. The van der Waals surface area contributed by atoms with Crippen LogP contribution in [0.4, 0.5) is 0 Å². The molecule has 7 nitrogen and oxygen atoms in total. The third kappa shape index (κ3) is 2.33. The van der Waals surface area contributed by atoms with Crippen LogP contribution in [0.15, 0.2) is 0 Å². The van der Waals surface area contributed by atoms with Gasteiger partial charge in [0.05, 0.1) is 6.61 Å². The number of halogens is 1. The minimum absolute atomic E-state index is 0. The number of nitrogens with two attached hydrogens (primary N) is 2. The van der Waals surface area contributed by atoms with Gasteiger partial charge in [0.15, 0.2) is 0 Å². The Hall–Kier alpha value is 0.01000. The Kier molecular flexibility index (Phi) is 4.69. The molecule has 1 aliphatic rings. The Bertz CT molecular complexity index is 191. The third-order valence-corrected chi connectivity index (χ3v) is 2.10. The molecule has 8 N–H and O–H groups in total. The van der Waals surface area contributed by atoms with E-state index >= 15 is 0 Å². The van der Waals surface area contributed by atoms with Gasteiger partial charge in [-0.05, 0) is 0 Å². The summed E-state index contributed by atoms with van der Waals surface area (Å²) in [4.78, 5) is 0. The highest BCUT2D eigenvalue weighted by molar-refractivity contribution is 5.85. The zero-order valence-corrected chi connectivity index (χ0v) is 8.09. The Morgan fingerprint density at radius 2 is 1.79 bits per heavy atom. The normalized spacial score (nSPS) is 48.4. The molecule has 1 fully saturated rings. The van der Waals surface area contributed by atoms with Crippen LogP contribution in [-0.2, 0) is 4.74 Å². The first-order valence-electron chi connectivity index (χ1n) is 3.81. The average Bonchev–Trinajstić information content (AvgIpc) is 2.08. The third-order valence-electron chi connectivity index (χ3n) is 2.10. The summed E-state index contributed by atoms with van der Waals surface area (Å²) in [6.07, 6.45) is -3.92. The molecular weight excluding hydrogens is 216 g/mol. The van der Waals surface area contributed by atoms with Crippen LogP contribution in [0.3, 0.4) is 0 Å². The average molecular weight is 231 g/mol. The van der Waals surface area contributed by atoms with Crippen molar-refractivity contribution in [3.8, 4) is 0 Å². The number of rotatable bonds is 1. The Labute approximate surface area is 86.7 Å². The Morgan fingerprint density at radius 1 is 1.29 bits per heavy atom. The lowest BCUT2D eigenvalue weighted by Crippen LogP contribution is -2.72. The van der Waals surface area contributed by atoms with Crippen LogP contribution in [0.5, 0.6) is 0 Å².